The molecule has 1 aromatic rings. The molecule has 22 heavy (non-hydrogen) atoms. The molecule has 2 unspecified atom stereocenters. The molecule has 0 saturated heterocycles. The number of rotatable bonds is 8. The van der Waals surface area contributed by atoms with Crippen LogP contribution in [0.25, 0.3) is 0 Å². The minimum absolute atomic E-state index is 0.130. The summed E-state index contributed by atoms with van der Waals surface area (Å²) in [5, 5.41) is 18.7. The summed E-state index contributed by atoms with van der Waals surface area (Å²) < 4.78 is 0. The van der Waals surface area contributed by atoms with Gasteiger partial charge in [0.05, 0.1) is 6.10 Å². The van der Waals surface area contributed by atoms with Crippen LogP contribution in [0.3, 0.4) is 0 Å². The number of aliphatic hydroxyl groups excluding tert-OH is 1. The largest absolute Gasteiger partial charge is 0.393 e. The van der Waals surface area contributed by atoms with E-state index in [0.717, 1.165) is 37.9 Å². The van der Waals surface area contributed by atoms with Crippen LogP contribution in [-0.2, 0) is 0 Å². The Morgan fingerprint density at radius 2 is 2.00 bits per heavy atom. The van der Waals surface area contributed by atoms with E-state index in [1.165, 1.54) is 5.56 Å². The van der Waals surface area contributed by atoms with Crippen LogP contribution in [0.5, 0.6) is 0 Å². The molecule has 2 atom stereocenters. The molecule has 1 aliphatic rings. The lowest BCUT2D eigenvalue weighted by Gasteiger charge is -2.16. The number of nitrogens with one attached hydrogen (secondary N) is 3. The van der Waals surface area contributed by atoms with Gasteiger partial charge in [0.25, 0.3) is 0 Å². The summed E-state index contributed by atoms with van der Waals surface area (Å²) in [4.78, 5) is 11.7. The number of benzene rings is 1. The maximum Gasteiger partial charge on any atom is 0.319 e. The van der Waals surface area contributed by atoms with Gasteiger partial charge in [-0.2, -0.15) is 0 Å². The zero-order chi connectivity index (χ0) is 15.9. The molecule has 1 aromatic carbocycles. The standard InChI is InChI=1S/C17H27N3O2/c1-3-16(21)10-11-18-12(2)13-4-6-14(7-5-13)19-17(22)20-15-8-9-15/h4-7,12,15-16,18,21H,3,8-11H2,1-2H3,(H2,19,20,22). The van der Waals surface area contributed by atoms with Crippen LogP contribution in [0.1, 0.15) is 51.1 Å². The SMILES string of the molecule is CCC(O)CCNC(C)c1ccc(NC(=O)NC2CC2)cc1. The lowest BCUT2D eigenvalue weighted by molar-refractivity contribution is 0.159. The van der Waals surface area contributed by atoms with Crippen molar-refractivity contribution in [2.75, 3.05) is 11.9 Å². The predicted molar refractivity (Wildman–Crippen MR) is 89.0 cm³/mol. The van der Waals surface area contributed by atoms with Crippen LogP contribution >= 0.6 is 0 Å². The molecule has 0 aliphatic heterocycles. The molecule has 5 nitrogen and oxygen atoms in total. The van der Waals surface area contributed by atoms with Gasteiger partial charge >= 0.3 is 6.03 Å². The highest BCUT2D eigenvalue weighted by Crippen LogP contribution is 2.19. The summed E-state index contributed by atoms with van der Waals surface area (Å²) in [6, 6.07) is 8.32. The summed E-state index contributed by atoms with van der Waals surface area (Å²) in [5.74, 6) is 0. The fraction of sp³-hybridized carbons (Fsp3) is 0.588. The molecule has 4 N–H and O–H groups in total. The molecule has 2 amide bonds. The maximum atomic E-state index is 11.7. The molecule has 1 fully saturated rings. The fourth-order valence-corrected chi connectivity index (χ4v) is 2.22. The molecule has 122 valence electrons. The van der Waals surface area contributed by atoms with Crippen molar-refractivity contribution in [1.82, 2.24) is 10.6 Å². The van der Waals surface area contributed by atoms with E-state index in [9.17, 15) is 9.90 Å². The monoisotopic (exact) mass is 305 g/mol. The summed E-state index contributed by atoms with van der Waals surface area (Å²) in [5.41, 5.74) is 1.97. The lowest BCUT2D eigenvalue weighted by Crippen LogP contribution is -2.30. The molecule has 5 heteroatoms. The Labute approximate surface area is 132 Å². The predicted octanol–water partition coefficient (Wildman–Crippen LogP) is 2.78. The number of amides is 2. The Hall–Kier alpha value is -1.59. The number of anilines is 1. The molecule has 0 radical (unpaired) electrons. The van der Waals surface area contributed by atoms with E-state index < -0.39 is 0 Å². The van der Waals surface area contributed by atoms with Crippen LogP contribution in [0.4, 0.5) is 10.5 Å². The molecular weight excluding hydrogens is 278 g/mol. The lowest BCUT2D eigenvalue weighted by atomic mass is 10.1. The third-order valence-corrected chi connectivity index (χ3v) is 3.98. The van der Waals surface area contributed by atoms with Crippen LogP contribution in [-0.4, -0.2) is 29.8 Å². The van der Waals surface area contributed by atoms with Crippen molar-refractivity contribution in [2.45, 2.75) is 57.7 Å². The van der Waals surface area contributed by atoms with Crippen molar-refractivity contribution < 1.29 is 9.90 Å². The van der Waals surface area contributed by atoms with E-state index in [0.29, 0.717) is 6.04 Å². The first-order valence-electron chi connectivity index (χ1n) is 8.17. The van der Waals surface area contributed by atoms with Gasteiger partial charge in [-0.25, -0.2) is 4.79 Å². The van der Waals surface area contributed by atoms with E-state index in [4.69, 9.17) is 0 Å². The second-order valence-electron chi connectivity index (χ2n) is 6.02. The second kappa shape index (κ2) is 8.15. The highest BCUT2D eigenvalue weighted by molar-refractivity contribution is 5.89. The van der Waals surface area contributed by atoms with Gasteiger partial charge in [-0.3, -0.25) is 0 Å². The Balaban J connectivity index is 1.76. The van der Waals surface area contributed by atoms with Crippen molar-refractivity contribution >= 4 is 11.7 Å². The van der Waals surface area contributed by atoms with Gasteiger partial charge < -0.3 is 21.1 Å². The number of hydrogen-bond acceptors (Lipinski definition) is 3. The molecule has 0 bridgehead atoms. The van der Waals surface area contributed by atoms with Gasteiger partial charge in [0.2, 0.25) is 0 Å². The molecule has 0 spiro atoms. The molecule has 2 rings (SSSR count). The van der Waals surface area contributed by atoms with E-state index in [1.54, 1.807) is 0 Å². The van der Waals surface area contributed by atoms with Crippen molar-refractivity contribution in [1.29, 1.82) is 0 Å². The molecule has 0 heterocycles. The summed E-state index contributed by atoms with van der Waals surface area (Å²) >= 11 is 0. The second-order valence-corrected chi connectivity index (χ2v) is 6.02. The minimum Gasteiger partial charge on any atom is -0.393 e. The zero-order valence-corrected chi connectivity index (χ0v) is 13.4. The van der Waals surface area contributed by atoms with Crippen molar-refractivity contribution in [3.05, 3.63) is 29.8 Å². The Bertz CT molecular complexity index is 471. The van der Waals surface area contributed by atoms with Crippen molar-refractivity contribution in [2.24, 2.45) is 0 Å². The number of carbonyl (C=O) groups excluding carboxylic acids is 1. The molecule has 1 saturated carbocycles. The summed E-state index contributed by atoms with van der Waals surface area (Å²) in [6.45, 7) is 4.87. The van der Waals surface area contributed by atoms with Crippen LogP contribution in [0, 0.1) is 0 Å². The van der Waals surface area contributed by atoms with Gasteiger partial charge in [0.15, 0.2) is 0 Å². The number of urea groups is 1. The van der Waals surface area contributed by atoms with E-state index in [1.807, 2.05) is 31.2 Å². The maximum absolute atomic E-state index is 11.7. The smallest absolute Gasteiger partial charge is 0.319 e. The van der Waals surface area contributed by atoms with Crippen LogP contribution in [0.2, 0.25) is 0 Å². The van der Waals surface area contributed by atoms with Gasteiger partial charge in [0, 0.05) is 17.8 Å². The summed E-state index contributed by atoms with van der Waals surface area (Å²) in [6.07, 6.45) is 3.50. The Morgan fingerprint density at radius 1 is 1.32 bits per heavy atom. The van der Waals surface area contributed by atoms with Gasteiger partial charge in [-0.05, 0) is 56.8 Å². The number of aliphatic hydroxyl groups is 1. The molecular formula is C17H27N3O2. The topological polar surface area (TPSA) is 73.4 Å². The highest BCUT2D eigenvalue weighted by Gasteiger charge is 2.23. The van der Waals surface area contributed by atoms with Gasteiger partial charge in [-0.15, -0.1) is 0 Å². The normalized spacial score (nSPS) is 16.9. The van der Waals surface area contributed by atoms with Gasteiger partial charge in [-0.1, -0.05) is 19.1 Å². The van der Waals surface area contributed by atoms with Crippen molar-refractivity contribution in [3.63, 3.8) is 0 Å². The van der Waals surface area contributed by atoms with E-state index in [2.05, 4.69) is 22.9 Å². The van der Waals surface area contributed by atoms with E-state index >= 15 is 0 Å². The third kappa shape index (κ3) is 5.66. The Morgan fingerprint density at radius 3 is 2.59 bits per heavy atom. The zero-order valence-electron chi connectivity index (χ0n) is 13.4. The highest BCUT2D eigenvalue weighted by atomic mass is 16.3. The van der Waals surface area contributed by atoms with Crippen LogP contribution < -0.4 is 16.0 Å². The third-order valence-electron chi connectivity index (χ3n) is 3.98. The van der Waals surface area contributed by atoms with Crippen molar-refractivity contribution in [3.8, 4) is 0 Å². The quantitative estimate of drug-likeness (QED) is 0.597. The average molecular weight is 305 g/mol. The van der Waals surface area contributed by atoms with Crippen LogP contribution in [0.15, 0.2) is 24.3 Å². The molecule has 1 aliphatic carbocycles. The number of hydrogen-bond donors (Lipinski definition) is 4. The molecule has 0 aromatic heterocycles. The first-order chi connectivity index (χ1) is 10.6. The fourth-order valence-electron chi connectivity index (χ4n) is 2.22. The first kappa shape index (κ1) is 16.8. The van der Waals surface area contributed by atoms with Gasteiger partial charge in [0.1, 0.15) is 0 Å². The van der Waals surface area contributed by atoms with E-state index in [-0.39, 0.29) is 18.2 Å². The number of carbonyl (C=O) groups is 1. The minimum atomic E-state index is -0.226. The summed E-state index contributed by atoms with van der Waals surface area (Å²) in [7, 11) is 0. The average Bonchev–Trinajstić information content (AvgIpc) is 3.31. The Kier molecular flexibility index (Phi) is 6.21. The first-order valence-corrected chi connectivity index (χ1v) is 8.17.